The highest BCUT2D eigenvalue weighted by Gasteiger charge is 2.56. The normalized spacial score (nSPS) is 25.5. The van der Waals surface area contributed by atoms with E-state index in [1.54, 1.807) is 12.0 Å². The number of aliphatic hydroxyl groups is 1. The smallest absolute Gasteiger partial charge is 0.328 e. The first-order valence-corrected chi connectivity index (χ1v) is 8.15. The monoisotopic (exact) mass is 337 g/mol. The minimum Gasteiger partial charge on any atom is -0.392 e. The molecule has 8 heteroatoms. The number of likely N-dealkylation sites (tertiary alicyclic amines) is 1. The summed E-state index contributed by atoms with van der Waals surface area (Å²) in [5.74, 6) is -0.142. The van der Waals surface area contributed by atoms with Crippen LogP contribution in [-0.4, -0.2) is 57.9 Å². The molecule has 0 aromatic carbocycles. The van der Waals surface area contributed by atoms with Crippen LogP contribution in [-0.2, 0) is 23.0 Å². The number of hydrogen-bond donors (Lipinski definition) is 2. The third-order valence-corrected chi connectivity index (χ3v) is 5.67. The van der Waals surface area contributed by atoms with Crippen LogP contribution in [0.1, 0.15) is 24.8 Å². The molecular weight excluding hydrogens is 314 g/mol. The Morgan fingerprint density at radius 1 is 1.42 bits per heavy atom. The second kappa shape index (κ2) is 6.18. The molecule has 1 aromatic rings. The van der Waals surface area contributed by atoms with Crippen LogP contribution in [0.5, 0.6) is 0 Å². The highest BCUT2D eigenvalue weighted by atomic mass is 16.5. The van der Waals surface area contributed by atoms with E-state index in [1.165, 1.54) is 13.2 Å². The summed E-state index contributed by atoms with van der Waals surface area (Å²) < 4.78 is 6.40. The quantitative estimate of drug-likeness (QED) is 0.736. The number of nitrogens with zero attached hydrogens (tertiary/aromatic N) is 2. The van der Waals surface area contributed by atoms with Crippen molar-refractivity contribution in [1.29, 1.82) is 0 Å². The predicted molar refractivity (Wildman–Crippen MR) is 85.7 cm³/mol. The van der Waals surface area contributed by atoms with Gasteiger partial charge in [0.05, 0.1) is 18.6 Å². The summed E-state index contributed by atoms with van der Waals surface area (Å²) in [7, 11) is 3.03. The van der Waals surface area contributed by atoms with Crippen molar-refractivity contribution in [2.45, 2.75) is 37.9 Å². The fourth-order valence-corrected chi connectivity index (χ4v) is 3.90. The molecule has 0 radical (unpaired) electrons. The number of methoxy groups -OCH3 is 1. The number of amides is 1. The number of piperidine rings is 1. The zero-order valence-corrected chi connectivity index (χ0v) is 13.9. The summed E-state index contributed by atoms with van der Waals surface area (Å²) in [5.41, 5.74) is -0.907. The fraction of sp³-hybridized carbons (Fsp3) is 0.688. The van der Waals surface area contributed by atoms with Crippen molar-refractivity contribution in [3.05, 3.63) is 32.6 Å². The van der Waals surface area contributed by atoms with Gasteiger partial charge in [0.15, 0.2) is 0 Å². The number of nitrogens with one attached hydrogen (secondary N) is 1. The predicted octanol–water partition coefficient (Wildman–Crippen LogP) is -0.995. The molecule has 132 valence electrons. The second-order valence-corrected chi connectivity index (χ2v) is 6.75. The standard InChI is InChI=1S/C16H23N3O5/c1-18-14(22)10(9-17-15(18)23)7-13(21)19-5-3-16(4-6-19)11(20)8-12(16)24-2/h9,11-12,20H,3-8H2,1-2H3,(H,17,23)/t11-,12+/m0/s1. The van der Waals surface area contributed by atoms with Crippen molar-refractivity contribution in [2.24, 2.45) is 12.5 Å². The van der Waals surface area contributed by atoms with Gasteiger partial charge in [-0.2, -0.15) is 0 Å². The van der Waals surface area contributed by atoms with Gasteiger partial charge >= 0.3 is 5.69 Å². The van der Waals surface area contributed by atoms with Crippen LogP contribution < -0.4 is 11.2 Å². The number of rotatable bonds is 3. The number of aromatic nitrogens is 2. The van der Waals surface area contributed by atoms with Crippen LogP contribution in [0.3, 0.4) is 0 Å². The van der Waals surface area contributed by atoms with Crippen LogP contribution >= 0.6 is 0 Å². The lowest BCUT2D eigenvalue weighted by atomic mass is 9.58. The highest BCUT2D eigenvalue weighted by molar-refractivity contribution is 5.78. The van der Waals surface area contributed by atoms with Crippen LogP contribution in [0.2, 0.25) is 0 Å². The number of hydrogen-bond acceptors (Lipinski definition) is 5. The number of aromatic amines is 1. The Bertz CT molecular complexity index is 745. The molecule has 2 fully saturated rings. The molecule has 1 aliphatic carbocycles. The van der Waals surface area contributed by atoms with E-state index >= 15 is 0 Å². The number of ether oxygens (including phenoxy) is 1. The lowest BCUT2D eigenvalue weighted by Crippen LogP contribution is -2.62. The van der Waals surface area contributed by atoms with Gasteiger partial charge in [-0.3, -0.25) is 14.2 Å². The van der Waals surface area contributed by atoms with Crippen molar-refractivity contribution in [2.75, 3.05) is 20.2 Å². The van der Waals surface area contributed by atoms with E-state index in [0.29, 0.717) is 32.4 Å². The number of carbonyl (C=O) groups is 1. The van der Waals surface area contributed by atoms with Gasteiger partial charge in [0.25, 0.3) is 5.56 Å². The zero-order valence-electron chi connectivity index (χ0n) is 13.9. The first-order chi connectivity index (χ1) is 11.4. The molecule has 24 heavy (non-hydrogen) atoms. The topological polar surface area (TPSA) is 105 Å². The summed E-state index contributed by atoms with van der Waals surface area (Å²) in [4.78, 5) is 40.0. The SMILES string of the molecule is CO[C@@H]1C[C@H](O)C12CCN(C(=O)Cc1c[nH]c(=O)n(C)c1=O)CC2. The number of carbonyl (C=O) groups excluding carboxylic acids is 1. The maximum absolute atomic E-state index is 12.5. The first kappa shape index (κ1) is 16.9. The van der Waals surface area contributed by atoms with E-state index in [1.807, 2.05) is 0 Å². The molecule has 1 saturated heterocycles. The fourth-order valence-electron chi connectivity index (χ4n) is 3.90. The molecule has 2 aliphatic rings. The molecule has 2 atom stereocenters. The zero-order chi connectivity index (χ0) is 17.5. The van der Waals surface area contributed by atoms with E-state index in [9.17, 15) is 19.5 Å². The molecular formula is C16H23N3O5. The average molecular weight is 337 g/mol. The Labute approximate surface area is 139 Å². The Morgan fingerprint density at radius 2 is 2.08 bits per heavy atom. The Kier molecular flexibility index (Phi) is 4.35. The van der Waals surface area contributed by atoms with Gasteiger partial charge in [-0.15, -0.1) is 0 Å². The first-order valence-electron chi connectivity index (χ1n) is 8.15. The van der Waals surface area contributed by atoms with Gasteiger partial charge in [0.1, 0.15) is 0 Å². The lowest BCUT2D eigenvalue weighted by molar-refractivity contribution is -0.202. The summed E-state index contributed by atoms with van der Waals surface area (Å²) in [6.45, 7) is 1.08. The van der Waals surface area contributed by atoms with E-state index in [2.05, 4.69) is 4.98 Å². The summed E-state index contributed by atoms with van der Waals surface area (Å²) >= 11 is 0. The van der Waals surface area contributed by atoms with E-state index in [-0.39, 0.29) is 35.5 Å². The van der Waals surface area contributed by atoms with Gasteiger partial charge in [-0.1, -0.05) is 0 Å². The Hall–Kier alpha value is -1.93. The third kappa shape index (κ3) is 2.59. The number of H-pyrrole nitrogens is 1. The van der Waals surface area contributed by atoms with Crippen molar-refractivity contribution < 1.29 is 14.6 Å². The molecule has 3 rings (SSSR count). The van der Waals surface area contributed by atoms with Crippen molar-refractivity contribution in [3.8, 4) is 0 Å². The second-order valence-electron chi connectivity index (χ2n) is 6.75. The van der Waals surface area contributed by atoms with Crippen LogP contribution in [0.4, 0.5) is 0 Å². The molecule has 2 heterocycles. The van der Waals surface area contributed by atoms with E-state index in [0.717, 1.165) is 4.57 Å². The van der Waals surface area contributed by atoms with Crippen LogP contribution in [0, 0.1) is 5.41 Å². The molecule has 1 spiro atoms. The Balaban J connectivity index is 1.65. The maximum Gasteiger partial charge on any atom is 0.328 e. The van der Waals surface area contributed by atoms with Crippen LogP contribution in [0.25, 0.3) is 0 Å². The maximum atomic E-state index is 12.5. The van der Waals surface area contributed by atoms with Gasteiger partial charge in [0.2, 0.25) is 5.91 Å². The average Bonchev–Trinajstić information content (AvgIpc) is 2.60. The molecule has 1 saturated carbocycles. The molecule has 0 unspecified atom stereocenters. The van der Waals surface area contributed by atoms with Gasteiger partial charge in [0, 0.05) is 50.8 Å². The summed E-state index contributed by atoms with van der Waals surface area (Å²) in [6, 6.07) is 0. The molecule has 8 nitrogen and oxygen atoms in total. The summed E-state index contributed by atoms with van der Waals surface area (Å²) in [6.07, 6.45) is 3.00. The van der Waals surface area contributed by atoms with Crippen molar-refractivity contribution in [1.82, 2.24) is 14.5 Å². The number of aliphatic hydroxyl groups excluding tert-OH is 1. The third-order valence-electron chi connectivity index (χ3n) is 5.67. The van der Waals surface area contributed by atoms with Gasteiger partial charge < -0.3 is 19.7 Å². The summed E-state index contributed by atoms with van der Waals surface area (Å²) in [5, 5.41) is 10.1. The van der Waals surface area contributed by atoms with Gasteiger partial charge in [-0.05, 0) is 12.8 Å². The molecule has 2 N–H and O–H groups in total. The molecule has 1 aromatic heterocycles. The highest BCUT2D eigenvalue weighted by Crippen LogP contribution is 2.50. The van der Waals surface area contributed by atoms with E-state index < -0.39 is 11.2 Å². The van der Waals surface area contributed by atoms with Crippen molar-refractivity contribution >= 4 is 5.91 Å². The van der Waals surface area contributed by atoms with Gasteiger partial charge in [-0.25, -0.2) is 4.79 Å². The molecule has 1 amide bonds. The largest absolute Gasteiger partial charge is 0.392 e. The molecule has 1 aliphatic heterocycles. The van der Waals surface area contributed by atoms with E-state index in [4.69, 9.17) is 4.74 Å². The molecule has 0 bridgehead atoms. The minimum absolute atomic E-state index is 0.0350. The Morgan fingerprint density at radius 3 is 2.67 bits per heavy atom. The lowest BCUT2D eigenvalue weighted by Gasteiger charge is -2.56. The van der Waals surface area contributed by atoms with Crippen molar-refractivity contribution in [3.63, 3.8) is 0 Å². The van der Waals surface area contributed by atoms with Crippen LogP contribution in [0.15, 0.2) is 15.8 Å². The minimum atomic E-state index is -0.499.